The minimum absolute atomic E-state index is 0.0301. The lowest BCUT2D eigenvalue weighted by Crippen LogP contribution is -2.28. The predicted molar refractivity (Wildman–Crippen MR) is 53.4 cm³/mol. The van der Waals surface area contributed by atoms with Crippen LogP contribution in [0.2, 0.25) is 0 Å². The third-order valence-corrected chi connectivity index (χ3v) is 2.42. The Labute approximate surface area is 83.5 Å². The lowest BCUT2D eigenvalue weighted by Gasteiger charge is -2.14. The van der Waals surface area contributed by atoms with Gasteiger partial charge < -0.3 is 9.73 Å². The summed E-state index contributed by atoms with van der Waals surface area (Å²) in [7, 11) is 0. The quantitative estimate of drug-likeness (QED) is 0.684. The number of carbonyl (C=O) groups is 1. The molecule has 0 radical (unpaired) electrons. The molecule has 1 aromatic heterocycles. The average molecular weight is 193 g/mol. The largest absolute Gasteiger partial charge is 0.463 e. The zero-order chi connectivity index (χ0) is 10.3. The average Bonchev–Trinajstić information content (AvgIpc) is 2.48. The number of rotatable bonds is 0. The van der Waals surface area contributed by atoms with E-state index in [4.69, 9.17) is 4.42 Å². The van der Waals surface area contributed by atoms with Crippen LogP contribution in [-0.2, 0) is 12.0 Å². The molecule has 0 amide bonds. The number of hydrogen-bond donors (Lipinski definition) is 1. The van der Waals surface area contributed by atoms with E-state index in [1.165, 1.54) is 0 Å². The van der Waals surface area contributed by atoms with E-state index in [1.54, 1.807) is 0 Å². The third-order valence-electron chi connectivity index (χ3n) is 2.42. The Kier molecular flexibility index (Phi) is 2.00. The Balaban J connectivity index is 2.45. The van der Waals surface area contributed by atoms with Gasteiger partial charge in [-0.15, -0.1) is 0 Å². The van der Waals surface area contributed by atoms with Crippen LogP contribution in [0.25, 0.3) is 0 Å². The second-order valence-corrected chi connectivity index (χ2v) is 4.72. The zero-order valence-corrected chi connectivity index (χ0v) is 8.81. The highest BCUT2D eigenvalue weighted by Crippen LogP contribution is 2.28. The topological polar surface area (TPSA) is 42.2 Å². The molecule has 3 nitrogen and oxygen atoms in total. The fourth-order valence-corrected chi connectivity index (χ4v) is 1.55. The van der Waals surface area contributed by atoms with Crippen molar-refractivity contribution in [3.8, 4) is 0 Å². The van der Waals surface area contributed by atoms with Gasteiger partial charge in [0.1, 0.15) is 11.5 Å². The first-order valence-corrected chi connectivity index (χ1v) is 4.85. The first kappa shape index (κ1) is 9.46. The van der Waals surface area contributed by atoms with Crippen molar-refractivity contribution in [2.45, 2.75) is 32.7 Å². The van der Waals surface area contributed by atoms with Gasteiger partial charge in [-0.3, -0.25) is 4.79 Å². The molecule has 3 heteroatoms. The number of hydrogen-bond acceptors (Lipinski definition) is 3. The Morgan fingerprint density at radius 2 is 2.07 bits per heavy atom. The van der Waals surface area contributed by atoms with Crippen molar-refractivity contribution in [1.29, 1.82) is 0 Å². The molecule has 0 atom stereocenters. The van der Waals surface area contributed by atoms with Crippen molar-refractivity contribution in [2.75, 3.05) is 6.54 Å². The second kappa shape index (κ2) is 2.95. The molecule has 1 aromatic rings. The van der Waals surface area contributed by atoms with Gasteiger partial charge in [-0.2, -0.15) is 0 Å². The van der Waals surface area contributed by atoms with Crippen LogP contribution in [-0.4, -0.2) is 12.3 Å². The summed E-state index contributed by atoms with van der Waals surface area (Å²) < 4.78 is 5.66. The van der Waals surface area contributed by atoms with Crippen molar-refractivity contribution in [1.82, 2.24) is 5.32 Å². The molecule has 1 aliphatic rings. The number of furan rings is 1. The zero-order valence-electron chi connectivity index (χ0n) is 8.81. The maximum absolute atomic E-state index is 11.5. The molecule has 0 spiro atoms. The van der Waals surface area contributed by atoms with E-state index >= 15 is 0 Å². The molecule has 0 aromatic carbocycles. The van der Waals surface area contributed by atoms with Crippen LogP contribution in [0.15, 0.2) is 10.5 Å². The first-order chi connectivity index (χ1) is 6.48. The summed E-state index contributed by atoms with van der Waals surface area (Å²) in [5.74, 6) is 1.80. The Hall–Kier alpha value is -1.09. The smallest absolute Gasteiger partial charge is 0.180 e. The van der Waals surface area contributed by atoms with Crippen LogP contribution in [0.1, 0.15) is 42.6 Å². The maximum atomic E-state index is 11.5. The standard InChI is InChI=1S/C11H15NO2/c1-11(2,3)10-4-7-8(13)5-12-6-9(7)14-10/h4,12H,5-6H2,1-3H3. The lowest BCUT2D eigenvalue weighted by atomic mass is 9.92. The summed E-state index contributed by atoms with van der Waals surface area (Å²) in [6, 6.07) is 1.89. The minimum atomic E-state index is -0.0301. The summed E-state index contributed by atoms with van der Waals surface area (Å²) in [4.78, 5) is 11.5. The van der Waals surface area contributed by atoms with Crippen molar-refractivity contribution in [2.24, 2.45) is 0 Å². The van der Waals surface area contributed by atoms with Gasteiger partial charge in [0, 0.05) is 5.41 Å². The van der Waals surface area contributed by atoms with Gasteiger partial charge in [0.2, 0.25) is 0 Å². The number of Topliss-reactive ketones (excluding diaryl/α,β-unsaturated/α-hetero) is 1. The Morgan fingerprint density at radius 3 is 2.64 bits per heavy atom. The van der Waals surface area contributed by atoms with Crippen LogP contribution in [0.5, 0.6) is 0 Å². The van der Waals surface area contributed by atoms with Crippen molar-refractivity contribution >= 4 is 5.78 Å². The molecule has 14 heavy (non-hydrogen) atoms. The van der Waals surface area contributed by atoms with Crippen molar-refractivity contribution in [3.63, 3.8) is 0 Å². The molecule has 1 N–H and O–H groups in total. The Morgan fingerprint density at radius 1 is 1.36 bits per heavy atom. The van der Waals surface area contributed by atoms with E-state index in [0.29, 0.717) is 13.1 Å². The molecule has 0 aliphatic carbocycles. The fraction of sp³-hybridized carbons (Fsp3) is 0.545. The van der Waals surface area contributed by atoms with E-state index in [2.05, 4.69) is 26.1 Å². The Bertz CT molecular complexity index is 371. The van der Waals surface area contributed by atoms with E-state index in [9.17, 15) is 4.79 Å². The molecule has 0 fully saturated rings. The van der Waals surface area contributed by atoms with E-state index in [-0.39, 0.29) is 11.2 Å². The van der Waals surface area contributed by atoms with Gasteiger partial charge in [0.15, 0.2) is 5.78 Å². The molecule has 2 rings (SSSR count). The molecule has 0 saturated carbocycles. The molecule has 2 heterocycles. The monoisotopic (exact) mass is 193 g/mol. The molecular formula is C11H15NO2. The highest BCUT2D eigenvalue weighted by molar-refractivity contribution is 5.99. The van der Waals surface area contributed by atoms with Crippen molar-refractivity contribution < 1.29 is 9.21 Å². The first-order valence-electron chi connectivity index (χ1n) is 4.85. The van der Waals surface area contributed by atoms with E-state index in [1.807, 2.05) is 6.07 Å². The van der Waals surface area contributed by atoms with Crippen molar-refractivity contribution in [3.05, 3.63) is 23.2 Å². The number of nitrogens with one attached hydrogen (secondary N) is 1. The highest BCUT2D eigenvalue weighted by atomic mass is 16.3. The van der Waals surface area contributed by atoms with E-state index in [0.717, 1.165) is 17.1 Å². The second-order valence-electron chi connectivity index (χ2n) is 4.72. The predicted octanol–water partition coefficient (Wildman–Crippen LogP) is 1.86. The molecule has 76 valence electrons. The van der Waals surface area contributed by atoms with Gasteiger partial charge in [-0.25, -0.2) is 0 Å². The number of ketones is 1. The van der Waals surface area contributed by atoms with Gasteiger partial charge in [0.25, 0.3) is 0 Å². The molecule has 0 unspecified atom stereocenters. The maximum Gasteiger partial charge on any atom is 0.180 e. The number of fused-ring (bicyclic) bond motifs is 1. The van der Waals surface area contributed by atoms with Crippen LogP contribution in [0.3, 0.4) is 0 Å². The van der Waals surface area contributed by atoms with Crippen LogP contribution < -0.4 is 5.32 Å². The molecule has 0 saturated heterocycles. The summed E-state index contributed by atoms with van der Waals surface area (Å²) in [6.07, 6.45) is 0. The van der Waals surface area contributed by atoms with Gasteiger partial charge >= 0.3 is 0 Å². The van der Waals surface area contributed by atoms with Crippen LogP contribution in [0, 0.1) is 0 Å². The van der Waals surface area contributed by atoms with Gasteiger partial charge in [0.05, 0.1) is 18.7 Å². The lowest BCUT2D eigenvalue weighted by molar-refractivity contribution is 0.0978. The summed E-state index contributed by atoms with van der Waals surface area (Å²) >= 11 is 0. The van der Waals surface area contributed by atoms with Gasteiger partial charge in [-0.1, -0.05) is 20.8 Å². The third kappa shape index (κ3) is 1.48. The normalized spacial score (nSPS) is 16.9. The number of carbonyl (C=O) groups excluding carboxylic acids is 1. The SMILES string of the molecule is CC(C)(C)c1cc2c(o1)CNCC2=O. The van der Waals surface area contributed by atoms with E-state index < -0.39 is 0 Å². The van der Waals surface area contributed by atoms with Crippen LogP contribution in [0.4, 0.5) is 0 Å². The molecule has 1 aliphatic heterocycles. The van der Waals surface area contributed by atoms with Crippen LogP contribution >= 0.6 is 0 Å². The summed E-state index contributed by atoms with van der Waals surface area (Å²) in [6.45, 7) is 7.33. The summed E-state index contributed by atoms with van der Waals surface area (Å²) in [5, 5.41) is 3.01. The minimum Gasteiger partial charge on any atom is -0.463 e. The molecular weight excluding hydrogens is 178 g/mol. The summed E-state index contributed by atoms with van der Waals surface area (Å²) in [5.41, 5.74) is 0.728. The fourth-order valence-electron chi connectivity index (χ4n) is 1.55. The van der Waals surface area contributed by atoms with Gasteiger partial charge in [-0.05, 0) is 6.07 Å². The highest BCUT2D eigenvalue weighted by Gasteiger charge is 2.26. The molecule has 0 bridgehead atoms.